The van der Waals surface area contributed by atoms with Crippen LogP contribution >= 0.6 is 0 Å². The van der Waals surface area contributed by atoms with Crippen molar-refractivity contribution in [2.24, 2.45) is 11.8 Å². The van der Waals surface area contributed by atoms with Gasteiger partial charge in [0.05, 0.1) is 16.0 Å². The molecule has 33 heavy (non-hydrogen) atoms. The molecule has 2 atom stereocenters. The van der Waals surface area contributed by atoms with Gasteiger partial charge in [0, 0.05) is 35.1 Å². The summed E-state index contributed by atoms with van der Waals surface area (Å²) in [6.45, 7) is 1.92. The molecule has 1 aromatic heterocycles. The van der Waals surface area contributed by atoms with E-state index in [2.05, 4.69) is 4.98 Å². The fraction of sp³-hybridized carbons (Fsp3) is 0.192. The van der Waals surface area contributed by atoms with Crippen molar-refractivity contribution in [2.75, 3.05) is 0 Å². The fourth-order valence-electron chi connectivity index (χ4n) is 4.77. The summed E-state index contributed by atoms with van der Waals surface area (Å²) in [4.78, 5) is 42.4. The molecule has 0 radical (unpaired) electrons. The van der Waals surface area contributed by atoms with Crippen LogP contribution in [-0.4, -0.2) is 26.2 Å². The highest BCUT2D eigenvalue weighted by Crippen LogP contribution is 2.36. The minimum Gasteiger partial charge on any atom is -0.294 e. The van der Waals surface area contributed by atoms with Gasteiger partial charge in [-0.2, -0.15) is 0 Å². The first kappa shape index (κ1) is 20.8. The zero-order valence-electron chi connectivity index (χ0n) is 18.0. The van der Waals surface area contributed by atoms with E-state index in [1.165, 1.54) is 12.1 Å². The van der Waals surface area contributed by atoms with Crippen molar-refractivity contribution in [3.8, 4) is 11.4 Å². The van der Waals surface area contributed by atoms with Crippen LogP contribution in [0.25, 0.3) is 22.4 Å². The van der Waals surface area contributed by atoms with E-state index in [4.69, 9.17) is 0 Å². The number of Topliss-reactive ketones (excluding diaryl/α,β-unsaturated/α-hetero) is 1. The minimum absolute atomic E-state index is 0.00658. The summed E-state index contributed by atoms with van der Waals surface area (Å²) in [6.07, 6.45) is 1.05. The van der Waals surface area contributed by atoms with Gasteiger partial charge in [0.2, 0.25) is 5.91 Å². The van der Waals surface area contributed by atoms with Crippen molar-refractivity contribution in [2.45, 2.75) is 19.8 Å². The number of ketones is 1. The van der Waals surface area contributed by atoms with Crippen LogP contribution in [0.3, 0.4) is 0 Å². The Balaban J connectivity index is 1.60. The number of nitrogens with zero attached hydrogens (tertiary/aromatic N) is 3. The van der Waals surface area contributed by atoms with Gasteiger partial charge in [0.25, 0.3) is 5.69 Å². The molecule has 1 heterocycles. The third-order valence-corrected chi connectivity index (χ3v) is 6.42. The van der Waals surface area contributed by atoms with Gasteiger partial charge in [-0.05, 0) is 42.7 Å². The summed E-state index contributed by atoms with van der Waals surface area (Å²) >= 11 is 0. The molecule has 2 unspecified atom stereocenters. The molecule has 0 N–H and O–H groups in total. The number of rotatable bonds is 5. The van der Waals surface area contributed by atoms with Crippen molar-refractivity contribution in [3.63, 3.8) is 0 Å². The monoisotopic (exact) mass is 439 g/mol. The Morgan fingerprint density at radius 2 is 1.79 bits per heavy atom. The lowest BCUT2D eigenvalue weighted by molar-refractivity contribution is -0.384. The van der Waals surface area contributed by atoms with Gasteiger partial charge in [-0.3, -0.25) is 24.3 Å². The smallest absolute Gasteiger partial charge is 0.269 e. The molecule has 7 heteroatoms. The quantitative estimate of drug-likeness (QED) is 0.309. The molecule has 5 rings (SSSR count). The van der Waals surface area contributed by atoms with Gasteiger partial charge >= 0.3 is 0 Å². The zero-order valence-corrected chi connectivity index (χ0v) is 18.0. The van der Waals surface area contributed by atoms with Crippen LogP contribution in [0.15, 0.2) is 72.8 Å². The maximum Gasteiger partial charge on any atom is 0.269 e. The predicted octanol–water partition coefficient (Wildman–Crippen LogP) is 5.33. The molecule has 1 aliphatic carbocycles. The lowest BCUT2D eigenvalue weighted by Gasteiger charge is -2.21. The van der Waals surface area contributed by atoms with Crippen molar-refractivity contribution in [1.29, 1.82) is 0 Å². The molecule has 0 bridgehead atoms. The maximum absolute atomic E-state index is 14.0. The standard InChI is InChI=1S/C26H21N3O4/c1-2-19(21-15-17-7-3-4-8-20(17)24(21)30)26(31)28-23-10-6-5-9-22(23)27-25(28)16-11-13-18(14-12-16)29(32)33/h3-14,19,21H,2,15H2,1H3. The van der Waals surface area contributed by atoms with Crippen molar-refractivity contribution in [1.82, 2.24) is 9.55 Å². The maximum atomic E-state index is 14.0. The largest absolute Gasteiger partial charge is 0.294 e. The number of fused-ring (bicyclic) bond motifs is 2. The summed E-state index contributed by atoms with van der Waals surface area (Å²) in [7, 11) is 0. The second-order valence-corrected chi connectivity index (χ2v) is 8.25. The lowest BCUT2D eigenvalue weighted by Crippen LogP contribution is -2.31. The summed E-state index contributed by atoms with van der Waals surface area (Å²) in [5, 5.41) is 11.1. The SMILES string of the molecule is CCC(C(=O)n1c(-c2ccc([N+](=O)[O-])cc2)nc2ccccc21)C1Cc2ccccc2C1=O. The molecular formula is C26H21N3O4. The molecule has 1 aliphatic rings. The minimum atomic E-state index is -0.515. The number of para-hydroxylation sites is 2. The summed E-state index contributed by atoms with van der Waals surface area (Å²) in [6, 6.07) is 20.9. The number of benzene rings is 3. The van der Waals surface area contributed by atoms with Gasteiger partial charge in [0.15, 0.2) is 5.78 Å². The highest BCUT2D eigenvalue weighted by atomic mass is 16.6. The molecular weight excluding hydrogens is 418 g/mol. The third kappa shape index (κ3) is 3.42. The number of nitro groups is 1. The average molecular weight is 439 g/mol. The van der Waals surface area contributed by atoms with E-state index in [0.717, 1.165) is 5.56 Å². The number of non-ortho nitro benzene ring substituents is 1. The van der Waals surface area contributed by atoms with E-state index in [0.29, 0.717) is 40.8 Å². The average Bonchev–Trinajstić information content (AvgIpc) is 3.38. The van der Waals surface area contributed by atoms with Crippen LogP contribution in [-0.2, 0) is 6.42 Å². The van der Waals surface area contributed by atoms with Crippen molar-refractivity contribution < 1.29 is 14.5 Å². The number of imidazole rings is 1. The third-order valence-electron chi connectivity index (χ3n) is 6.42. The molecule has 0 amide bonds. The number of carbonyl (C=O) groups is 2. The molecule has 164 valence electrons. The number of nitro benzene ring substituents is 1. The van der Waals surface area contributed by atoms with Crippen LogP contribution in [0.5, 0.6) is 0 Å². The number of hydrogen-bond donors (Lipinski definition) is 0. The van der Waals surface area contributed by atoms with E-state index in [9.17, 15) is 19.7 Å². The van der Waals surface area contributed by atoms with Crippen molar-refractivity contribution in [3.05, 3.63) is 94.0 Å². The van der Waals surface area contributed by atoms with E-state index < -0.39 is 16.8 Å². The number of aromatic nitrogens is 2. The topological polar surface area (TPSA) is 95.1 Å². The fourth-order valence-corrected chi connectivity index (χ4v) is 4.77. The first-order chi connectivity index (χ1) is 16.0. The van der Waals surface area contributed by atoms with Crippen LogP contribution in [0.4, 0.5) is 5.69 Å². The second kappa shape index (κ2) is 8.09. The Bertz CT molecular complexity index is 1400. The van der Waals surface area contributed by atoms with Gasteiger partial charge in [-0.25, -0.2) is 4.98 Å². The first-order valence-corrected chi connectivity index (χ1v) is 10.9. The Morgan fingerprint density at radius 1 is 1.09 bits per heavy atom. The molecule has 0 saturated carbocycles. The Kier molecular flexibility index (Phi) is 5.09. The van der Waals surface area contributed by atoms with E-state index in [1.54, 1.807) is 16.7 Å². The number of hydrogen-bond acceptors (Lipinski definition) is 5. The molecule has 0 spiro atoms. The van der Waals surface area contributed by atoms with Gasteiger partial charge in [-0.15, -0.1) is 0 Å². The highest BCUT2D eigenvalue weighted by Gasteiger charge is 2.40. The highest BCUT2D eigenvalue weighted by molar-refractivity contribution is 6.06. The van der Waals surface area contributed by atoms with Crippen LogP contribution < -0.4 is 0 Å². The van der Waals surface area contributed by atoms with Gasteiger partial charge in [0.1, 0.15) is 5.82 Å². The van der Waals surface area contributed by atoms with Gasteiger partial charge in [-0.1, -0.05) is 43.3 Å². The van der Waals surface area contributed by atoms with E-state index in [-0.39, 0.29) is 17.4 Å². The first-order valence-electron chi connectivity index (χ1n) is 10.9. The molecule has 7 nitrogen and oxygen atoms in total. The Hall–Kier alpha value is -4.13. The number of carbonyl (C=O) groups excluding carboxylic acids is 2. The zero-order chi connectivity index (χ0) is 23.1. The molecule has 0 saturated heterocycles. The predicted molar refractivity (Wildman–Crippen MR) is 124 cm³/mol. The molecule has 4 aromatic rings. The van der Waals surface area contributed by atoms with E-state index >= 15 is 0 Å². The molecule has 3 aromatic carbocycles. The summed E-state index contributed by atoms with van der Waals surface area (Å²) in [5.74, 6) is -0.708. The van der Waals surface area contributed by atoms with Crippen LogP contribution in [0.2, 0.25) is 0 Å². The van der Waals surface area contributed by atoms with Crippen LogP contribution in [0.1, 0.15) is 34.1 Å². The van der Waals surface area contributed by atoms with Gasteiger partial charge < -0.3 is 0 Å². The van der Waals surface area contributed by atoms with Crippen LogP contribution in [0, 0.1) is 22.0 Å². The summed E-state index contributed by atoms with van der Waals surface area (Å²) in [5.41, 5.74) is 3.53. The lowest BCUT2D eigenvalue weighted by atomic mass is 9.86. The van der Waals surface area contributed by atoms with E-state index in [1.807, 2.05) is 55.5 Å². The summed E-state index contributed by atoms with van der Waals surface area (Å²) < 4.78 is 1.57. The normalized spacial score (nSPS) is 16.0. The molecule has 0 aliphatic heterocycles. The second-order valence-electron chi connectivity index (χ2n) is 8.25. The Morgan fingerprint density at radius 3 is 2.48 bits per heavy atom. The molecule has 0 fully saturated rings. The van der Waals surface area contributed by atoms with Crippen molar-refractivity contribution >= 4 is 28.4 Å². The Labute approximate surface area is 189 Å².